The number of carbonyl (C=O) groups is 2. The Kier molecular flexibility index (Phi) is 4.77. The van der Waals surface area contributed by atoms with Crippen LogP contribution in [-0.2, 0) is 0 Å². The summed E-state index contributed by atoms with van der Waals surface area (Å²) >= 11 is 0. The minimum absolute atomic E-state index is 0.0584. The maximum atomic E-state index is 13.7. The summed E-state index contributed by atoms with van der Waals surface area (Å²) in [6, 6.07) is 2.97. The van der Waals surface area contributed by atoms with E-state index < -0.39 is 11.8 Å². The maximum Gasteiger partial charge on any atom is 0.335 e. The first-order valence-electron chi connectivity index (χ1n) is 7.10. The summed E-state index contributed by atoms with van der Waals surface area (Å²) in [6.45, 7) is 3.42. The molecule has 6 heteroatoms. The molecule has 1 aromatic carbocycles. The fraction of sp³-hybridized carbons (Fsp3) is 0.467. The average Bonchev–Trinajstić information content (AvgIpc) is 2.90. The summed E-state index contributed by atoms with van der Waals surface area (Å²) in [5.41, 5.74) is -0.157. The summed E-state index contributed by atoms with van der Waals surface area (Å²) in [7, 11) is 0. The Labute approximate surface area is 122 Å². The maximum absolute atomic E-state index is 13.7. The number of hydrogen-bond donors (Lipinski definition) is 2. The number of carbonyl (C=O) groups excluding carboxylic acids is 1. The third-order valence-corrected chi connectivity index (χ3v) is 3.72. The normalized spacial score (nSPS) is 17.8. The van der Waals surface area contributed by atoms with Crippen molar-refractivity contribution in [2.45, 2.75) is 26.2 Å². The van der Waals surface area contributed by atoms with Crippen molar-refractivity contribution >= 4 is 17.7 Å². The minimum Gasteiger partial charge on any atom is -0.478 e. The van der Waals surface area contributed by atoms with Crippen LogP contribution in [-0.4, -0.2) is 35.1 Å². The summed E-state index contributed by atoms with van der Waals surface area (Å²) in [5.74, 6) is -1.30. The summed E-state index contributed by atoms with van der Waals surface area (Å²) in [4.78, 5) is 24.6. The molecule has 2 amide bonds. The molecule has 114 valence electrons. The van der Waals surface area contributed by atoms with Gasteiger partial charge in [0.05, 0.1) is 11.3 Å². The largest absolute Gasteiger partial charge is 0.478 e. The Morgan fingerprint density at radius 1 is 1.48 bits per heavy atom. The van der Waals surface area contributed by atoms with E-state index in [1.54, 1.807) is 4.90 Å². The van der Waals surface area contributed by atoms with E-state index in [-0.39, 0.29) is 17.3 Å². The number of nitrogens with one attached hydrogen (secondary N) is 1. The van der Waals surface area contributed by atoms with Gasteiger partial charge >= 0.3 is 12.0 Å². The van der Waals surface area contributed by atoms with E-state index in [9.17, 15) is 14.0 Å². The highest BCUT2D eigenvalue weighted by molar-refractivity contribution is 5.93. The van der Waals surface area contributed by atoms with Gasteiger partial charge in [-0.25, -0.2) is 14.0 Å². The number of anilines is 1. The molecule has 2 N–H and O–H groups in total. The number of carboxylic acid groups (broad SMARTS) is 1. The van der Waals surface area contributed by atoms with Crippen LogP contribution in [0.5, 0.6) is 0 Å². The summed E-state index contributed by atoms with van der Waals surface area (Å²) in [6.07, 6.45) is 3.11. The topological polar surface area (TPSA) is 69.6 Å². The SMILES string of the molecule is CCCC1CCN(C(=O)Nc2cc(C(=O)O)ccc2F)C1. The van der Waals surface area contributed by atoms with Gasteiger partial charge in [0.25, 0.3) is 0 Å². The zero-order chi connectivity index (χ0) is 15.4. The van der Waals surface area contributed by atoms with Crippen LogP contribution in [0.2, 0.25) is 0 Å². The monoisotopic (exact) mass is 294 g/mol. The minimum atomic E-state index is -1.16. The van der Waals surface area contributed by atoms with Crippen LogP contribution in [0.4, 0.5) is 14.9 Å². The average molecular weight is 294 g/mol. The molecule has 2 rings (SSSR count). The molecule has 1 aliphatic heterocycles. The number of rotatable bonds is 4. The van der Waals surface area contributed by atoms with Crippen molar-refractivity contribution in [3.8, 4) is 0 Å². The van der Waals surface area contributed by atoms with Crippen molar-refractivity contribution in [2.24, 2.45) is 5.92 Å². The summed E-state index contributed by atoms with van der Waals surface area (Å²) < 4.78 is 13.7. The molecular formula is C15H19FN2O3. The van der Waals surface area contributed by atoms with E-state index >= 15 is 0 Å². The van der Waals surface area contributed by atoms with Crippen LogP contribution in [0.25, 0.3) is 0 Å². The molecule has 1 aliphatic rings. The predicted octanol–water partition coefficient (Wildman–Crippen LogP) is 3.18. The van der Waals surface area contributed by atoms with E-state index in [2.05, 4.69) is 12.2 Å². The van der Waals surface area contributed by atoms with E-state index in [4.69, 9.17) is 5.11 Å². The fourth-order valence-electron chi connectivity index (χ4n) is 2.61. The van der Waals surface area contributed by atoms with Gasteiger partial charge in [0, 0.05) is 13.1 Å². The first kappa shape index (κ1) is 15.3. The number of amides is 2. The summed E-state index contributed by atoms with van der Waals surface area (Å²) in [5, 5.41) is 11.4. The third kappa shape index (κ3) is 3.71. The number of carboxylic acids is 1. The lowest BCUT2D eigenvalue weighted by Gasteiger charge is -2.17. The zero-order valence-electron chi connectivity index (χ0n) is 11.9. The third-order valence-electron chi connectivity index (χ3n) is 3.72. The number of halogens is 1. The van der Waals surface area contributed by atoms with Crippen molar-refractivity contribution < 1.29 is 19.1 Å². The fourth-order valence-corrected chi connectivity index (χ4v) is 2.61. The molecule has 1 unspecified atom stereocenters. The number of urea groups is 1. The molecule has 0 aromatic heterocycles. The van der Waals surface area contributed by atoms with Crippen LogP contribution in [0.15, 0.2) is 18.2 Å². The lowest BCUT2D eigenvalue weighted by molar-refractivity contribution is 0.0697. The van der Waals surface area contributed by atoms with Crippen LogP contribution in [0.1, 0.15) is 36.5 Å². The predicted molar refractivity (Wildman–Crippen MR) is 77.0 cm³/mol. The van der Waals surface area contributed by atoms with Crippen molar-refractivity contribution in [3.63, 3.8) is 0 Å². The van der Waals surface area contributed by atoms with Gasteiger partial charge in [-0.3, -0.25) is 0 Å². The second kappa shape index (κ2) is 6.56. The molecule has 1 fully saturated rings. The van der Waals surface area contributed by atoms with Gasteiger partial charge in [-0.2, -0.15) is 0 Å². The van der Waals surface area contributed by atoms with E-state index in [1.165, 1.54) is 6.07 Å². The molecule has 0 aliphatic carbocycles. The first-order valence-corrected chi connectivity index (χ1v) is 7.10. The zero-order valence-corrected chi connectivity index (χ0v) is 11.9. The molecule has 21 heavy (non-hydrogen) atoms. The Hall–Kier alpha value is -2.11. The van der Waals surface area contributed by atoms with Crippen molar-refractivity contribution in [1.29, 1.82) is 0 Å². The van der Waals surface area contributed by atoms with Gasteiger partial charge < -0.3 is 15.3 Å². The molecule has 1 atom stereocenters. The lowest BCUT2D eigenvalue weighted by Crippen LogP contribution is -2.33. The van der Waals surface area contributed by atoms with Crippen LogP contribution in [0.3, 0.4) is 0 Å². The smallest absolute Gasteiger partial charge is 0.335 e. The Bertz CT molecular complexity index is 548. The molecule has 1 saturated heterocycles. The number of likely N-dealkylation sites (tertiary alicyclic amines) is 1. The van der Waals surface area contributed by atoms with E-state index in [1.807, 2.05) is 0 Å². The van der Waals surface area contributed by atoms with Gasteiger partial charge in [-0.15, -0.1) is 0 Å². The van der Waals surface area contributed by atoms with Gasteiger partial charge in [0.1, 0.15) is 5.82 Å². The van der Waals surface area contributed by atoms with Crippen molar-refractivity contribution in [2.75, 3.05) is 18.4 Å². The number of aromatic carboxylic acids is 1. The van der Waals surface area contributed by atoms with Gasteiger partial charge in [0.15, 0.2) is 0 Å². The van der Waals surface area contributed by atoms with Gasteiger partial charge in [-0.05, 0) is 37.0 Å². The highest BCUT2D eigenvalue weighted by Crippen LogP contribution is 2.22. The first-order chi connectivity index (χ1) is 10.0. The molecule has 5 nitrogen and oxygen atoms in total. The standard InChI is InChI=1S/C15H19FN2O3/c1-2-3-10-6-7-18(9-10)15(21)17-13-8-11(14(19)20)4-5-12(13)16/h4-5,8,10H,2-3,6-7,9H2,1H3,(H,17,21)(H,19,20). The number of hydrogen-bond acceptors (Lipinski definition) is 2. The molecule has 0 radical (unpaired) electrons. The molecule has 1 heterocycles. The van der Waals surface area contributed by atoms with Crippen LogP contribution < -0.4 is 5.32 Å². The van der Waals surface area contributed by atoms with Crippen LogP contribution in [0, 0.1) is 11.7 Å². The van der Waals surface area contributed by atoms with Crippen molar-refractivity contribution in [3.05, 3.63) is 29.6 Å². The molecule has 0 bridgehead atoms. The molecule has 0 spiro atoms. The Morgan fingerprint density at radius 2 is 2.24 bits per heavy atom. The highest BCUT2D eigenvalue weighted by atomic mass is 19.1. The Balaban J connectivity index is 2.03. The second-order valence-corrected chi connectivity index (χ2v) is 5.32. The molecular weight excluding hydrogens is 275 g/mol. The number of nitrogens with zero attached hydrogens (tertiary/aromatic N) is 1. The number of benzene rings is 1. The second-order valence-electron chi connectivity index (χ2n) is 5.32. The Morgan fingerprint density at radius 3 is 2.90 bits per heavy atom. The van der Waals surface area contributed by atoms with Crippen molar-refractivity contribution in [1.82, 2.24) is 4.90 Å². The van der Waals surface area contributed by atoms with Gasteiger partial charge in [-0.1, -0.05) is 13.3 Å². The lowest BCUT2D eigenvalue weighted by atomic mass is 10.0. The van der Waals surface area contributed by atoms with E-state index in [0.717, 1.165) is 31.4 Å². The quantitative estimate of drug-likeness (QED) is 0.896. The molecule has 0 saturated carbocycles. The van der Waals surface area contributed by atoms with E-state index in [0.29, 0.717) is 19.0 Å². The van der Waals surface area contributed by atoms with Crippen LogP contribution >= 0.6 is 0 Å². The van der Waals surface area contributed by atoms with Gasteiger partial charge in [0.2, 0.25) is 0 Å². The molecule has 1 aromatic rings. The highest BCUT2D eigenvalue weighted by Gasteiger charge is 2.26.